The molecule has 0 amide bonds. The number of hydrazone groups is 1. The van der Waals surface area contributed by atoms with Crippen LogP contribution in [0.25, 0.3) is 0 Å². The van der Waals surface area contributed by atoms with Crippen molar-refractivity contribution in [2.24, 2.45) is 5.10 Å². The average Bonchev–Trinajstić information content (AvgIpc) is 3.20. The lowest BCUT2D eigenvalue weighted by Gasteiger charge is -2.38. The van der Waals surface area contributed by atoms with Gasteiger partial charge in [0, 0.05) is 22.6 Å². The van der Waals surface area contributed by atoms with Crippen molar-refractivity contribution >= 4 is 17.3 Å². The molecule has 0 spiro atoms. The van der Waals surface area contributed by atoms with Crippen LogP contribution in [0.4, 0.5) is 0 Å². The Balaban J connectivity index is 1.56. The fraction of sp³-hybridized carbons (Fsp3) is 0.208. The molecule has 2 aliphatic heterocycles. The molecule has 0 radical (unpaired) electrons. The third-order valence-corrected chi connectivity index (χ3v) is 5.80. The number of hydrogen-bond donors (Lipinski definition) is 0. The van der Waals surface area contributed by atoms with Crippen LogP contribution in [0.1, 0.15) is 47.9 Å². The SMILES string of the molecule is CCc1ccc(C2=NN3[C@@H](c4ccc(Cl)cc4)Oc4ccccc4[C@@H]3C2)cc1. The van der Waals surface area contributed by atoms with E-state index in [1.807, 2.05) is 36.4 Å². The summed E-state index contributed by atoms with van der Waals surface area (Å²) in [6.45, 7) is 2.17. The van der Waals surface area contributed by atoms with E-state index in [-0.39, 0.29) is 12.3 Å². The van der Waals surface area contributed by atoms with Crippen LogP contribution >= 0.6 is 11.6 Å². The molecule has 3 aromatic carbocycles. The molecular weight excluding hydrogens is 368 g/mol. The molecule has 3 aromatic rings. The number of para-hydroxylation sites is 1. The Morgan fingerprint density at radius 1 is 1.00 bits per heavy atom. The third kappa shape index (κ3) is 2.96. The first-order valence-corrected chi connectivity index (χ1v) is 10.1. The van der Waals surface area contributed by atoms with Crippen molar-refractivity contribution in [2.75, 3.05) is 0 Å². The van der Waals surface area contributed by atoms with Gasteiger partial charge in [-0.05, 0) is 35.7 Å². The Kier molecular flexibility index (Phi) is 4.33. The number of rotatable bonds is 3. The Morgan fingerprint density at radius 3 is 2.50 bits per heavy atom. The van der Waals surface area contributed by atoms with Crippen molar-refractivity contribution < 1.29 is 4.74 Å². The molecule has 5 rings (SSSR count). The molecule has 28 heavy (non-hydrogen) atoms. The van der Waals surface area contributed by atoms with Crippen molar-refractivity contribution in [3.8, 4) is 5.75 Å². The van der Waals surface area contributed by atoms with Gasteiger partial charge in [0.05, 0.1) is 11.8 Å². The second-order valence-corrected chi connectivity index (χ2v) is 7.69. The summed E-state index contributed by atoms with van der Waals surface area (Å²) in [5.41, 5.74) is 5.87. The van der Waals surface area contributed by atoms with E-state index in [0.29, 0.717) is 0 Å². The zero-order valence-corrected chi connectivity index (χ0v) is 16.4. The molecule has 0 aliphatic carbocycles. The van der Waals surface area contributed by atoms with Crippen LogP contribution in [0, 0.1) is 0 Å². The summed E-state index contributed by atoms with van der Waals surface area (Å²) in [7, 11) is 0. The lowest BCUT2D eigenvalue weighted by atomic mass is 9.95. The van der Waals surface area contributed by atoms with Crippen molar-refractivity contribution in [3.05, 3.63) is 100 Å². The van der Waals surface area contributed by atoms with Gasteiger partial charge in [-0.2, -0.15) is 5.10 Å². The number of ether oxygens (including phenoxy) is 1. The van der Waals surface area contributed by atoms with Gasteiger partial charge < -0.3 is 4.74 Å². The minimum Gasteiger partial charge on any atom is -0.464 e. The highest BCUT2D eigenvalue weighted by atomic mass is 35.5. The topological polar surface area (TPSA) is 24.8 Å². The van der Waals surface area contributed by atoms with Gasteiger partial charge in [-0.25, -0.2) is 5.01 Å². The minimum absolute atomic E-state index is 0.173. The lowest BCUT2D eigenvalue weighted by molar-refractivity contribution is -0.0190. The number of nitrogens with zero attached hydrogens (tertiary/aromatic N) is 2. The molecule has 0 bridgehead atoms. The molecule has 0 saturated carbocycles. The fourth-order valence-corrected chi connectivity index (χ4v) is 4.11. The maximum absolute atomic E-state index is 6.37. The molecule has 2 atom stereocenters. The number of benzene rings is 3. The molecular formula is C24H21ClN2O. The Labute approximate surface area is 170 Å². The highest BCUT2D eigenvalue weighted by Crippen LogP contribution is 2.47. The van der Waals surface area contributed by atoms with E-state index in [1.54, 1.807) is 0 Å². The smallest absolute Gasteiger partial charge is 0.213 e. The van der Waals surface area contributed by atoms with Gasteiger partial charge in [0.25, 0.3) is 0 Å². The van der Waals surface area contributed by atoms with Crippen molar-refractivity contribution in [2.45, 2.75) is 32.0 Å². The summed E-state index contributed by atoms with van der Waals surface area (Å²) in [6, 6.07) is 25.0. The van der Waals surface area contributed by atoms with Crippen LogP contribution in [-0.4, -0.2) is 10.7 Å². The van der Waals surface area contributed by atoms with E-state index in [2.05, 4.69) is 48.3 Å². The molecule has 0 saturated heterocycles. The maximum Gasteiger partial charge on any atom is 0.213 e. The minimum atomic E-state index is -0.260. The maximum atomic E-state index is 6.37. The highest BCUT2D eigenvalue weighted by Gasteiger charge is 2.40. The number of aryl methyl sites for hydroxylation is 1. The van der Waals surface area contributed by atoms with E-state index in [1.165, 1.54) is 16.7 Å². The zero-order chi connectivity index (χ0) is 19.1. The Hall–Kier alpha value is -2.78. The molecule has 2 aliphatic rings. The second-order valence-electron chi connectivity index (χ2n) is 7.26. The van der Waals surface area contributed by atoms with E-state index in [0.717, 1.165) is 34.9 Å². The van der Waals surface area contributed by atoms with Gasteiger partial charge in [-0.3, -0.25) is 0 Å². The average molecular weight is 389 g/mol. The predicted octanol–water partition coefficient (Wildman–Crippen LogP) is 6.14. The summed E-state index contributed by atoms with van der Waals surface area (Å²) < 4.78 is 6.37. The van der Waals surface area contributed by atoms with Crippen LogP contribution in [-0.2, 0) is 6.42 Å². The quantitative estimate of drug-likeness (QED) is 0.538. The first-order valence-electron chi connectivity index (χ1n) is 9.69. The predicted molar refractivity (Wildman–Crippen MR) is 113 cm³/mol. The normalized spacial score (nSPS) is 20.2. The molecule has 4 heteroatoms. The van der Waals surface area contributed by atoms with E-state index in [9.17, 15) is 0 Å². The Morgan fingerprint density at radius 2 is 1.75 bits per heavy atom. The van der Waals surface area contributed by atoms with Gasteiger partial charge in [-0.1, -0.05) is 73.1 Å². The number of halogens is 1. The Bertz CT molecular complexity index is 1030. The standard InChI is InChI=1S/C24H21ClN2O/c1-2-16-7-9-17(10-8-16)21-15-22-20-5-3-4-6-23(20)28-24(27(22)26-21)18-11-13-19(25)14-12-18/h3-14,22,24H,2,15H2,1H3/t22-,24+/m0/s1. The summed E-state index contributed by atoms with van der Waals surface area (Å²) in [5.74, 6) is 0.932. The highest BCUT2D eigenvalue weighted by molar-refractivity contribution is 6.30. The van der Waals surface area contributed by atoms with E-state index < -0.39 is 0 Å². The number of hydrogen-bond acceptors (Lipinski definition) is 3. The van der Waals surface area contributed by atoms with Crippen molar-refractivity contribution in [1.29, 1.82) is 0 Å². The van der Waals surface area contributed by atoms with Crippen molar-refractivity contribution in [1.82, 2.24) is 5.01 Å². The molecule has 0 N–H and O–H groups in total. The molecule has 0 fully saturated rings. The first kappa shape index (κ1) is 17.3. The van der Waals surface area contributed by atoms with Crippen LogP contribution in [0.2, 0.25) is 5.02 Å². The molecule has 2 heterocycles. The van der Waals surface area contributed by atoms with Gasteiger partial charge in [0.2, 0.25) is 6.23 Å². The molecule has 0 unspecified atom stereocenters. The van der Waals surface area contributed by atoms with E-state index in [4.69, 9.17) is 21.4 Å². The van der Waals surface area contributed by atoms with Crippen molar-refractivity contribution in [3.63, 3.8) is 0 Å². The van der Waals surface area contributed by atoms with E-state index >= 15 is 0 Å². The summed E-state index contributed by atoms with van der Waals surface area (Å²) >= 11 is 6.09. The fourth-order valence-electron chi connectivity index (χ4n) is 3.99. The molecule has 3 nitrogen and oxygen atoms in total. The lowest BCUT2D eigenvalue weighted by Crippen LogP contribution is -2.33. The van der Waals surface area contributed by atoms with Crippen LogP contribution in [0.15, 0.2) is 77.9 Å². The summed E-state index contributed by atoms with van der Waals surface area (Å²) in [4.78, 5) is 0. The summed E-state index contributed by atoms with van der Waals surface area (Å²) in [6.07, 6.45) is 1.65. The van der Waals surface area contributed by atoms with Crippen LogP contribution in [0.5, 0.6) is 5.75 Å². The largest absolute Gasteiger partial charge is 0.464 e. The van der Waals surface area contributed by atoms with Crippen LogP contribution in [0.3, 0.4) is 0 Å². The summed E-state index contributed by atoms with van der Waals surface area (Å²) in [5, 5.41) is 7.83. The molecule has 0 aromatic heterocycles. The third-order valence-electron chi connectivity index (χ3n) is 5.55. The van der Waals surface area contributed by atoms with Crippen LogP contribution < -0.4 is 4.74 Å². The first-order chi connectivity index (χ1) is 13.7. The monoisotopic (exact) mass is 388 g/mol. The van der Waals surface area contributed by atoms with Gasteiger partial charge in [-0.15, -0.1) is 0 Å². The number of fused-ring (bicyclic) bond motifs is 3. The van der Waals surface area contributed by atoms with Gasteiger partial charge in [0.1, 0.15) is 5.75 Å². The second kappa shape index (κ2) is 6.99. The zero-order valence-electron chi connectivity index (χ0n) is 15.7. The van der Waals surface area contributed by atoms with Gasteiger partial charge in [0.15, 0.2) is 0 Å². The van der Waals surface area contributed by atoms with Gasteiger partial charge >= 0.3 is 0 Å². The molecule has 140 valence electrons.